The molecule has 0 aromatic heterocycles. The van der Waals surface area contributed by atoms with Crippen LogP contribution in [0.1, 0.15) is 249 Å². The molecule has 0 aromatic rings. The molecular formula is C74H114Si2. The zero-order valence-electron chi connectivity index (χ0n) is 56.5. The summed E-state index contributed by atoms with van der Waals surface area (Å²) in [7, 11) is -3.94. The van der Waals surface area contributed by atoms with Crippen molar-refractivity contribution in [1.82, 2.24) is 0 Å². The van der Waals surface area contributed by atoms with E-state index in [0.29, 0.717) is 33.2 Å². The van der Waals surface area contributed by atoms with Gasteiger partial charge in [0.15, 0.2) is 0 Å². The number of allylic oxidation sites excluding steroid dienone is 4. The second-order valence-electron chi connectivity index (χ2n) is 31.8. The highest BCUT2D eigenvalue weighted by molar-refractivity contribution is 6.91. The Bertz CT molecular complexity index is 2520. The van der Waals surface area contributed by atoms with Gasteiger partial charge in [0.05, 0.1) is 33.4 Å². The minimum Gasteiger partial charge on any atom is -0.125 e. The fourth-order valence-electron chi connectivity index (χ4n) is 9.40. The molecule has 0 rings (SSSR count). The molecule has 0 heterocycles. The van der Waals surface area contributed by atoms with Crippen LogP contribution in [0.3, 0.4) is 0 Å². The van der Waals surface area contributed by atoms with Crippen molar-refractivity contribution in [3.63, 3.8) is 0 Å². The van der Waals surface area contributed by atoms with Crippen molar-refractivity contribution >= 4 is 16.1 Å². The van der Waals surface area contributed by atoms with E-state index >= 15 is 0 Å². The first-order chi connectivity index (χ1) is 33.7. The molecule has 0 aromatic carbocycles. The molecule has 0 saturated carbocycles. The van der Waals surface area contributed by atoms with E-state index in [-0.39, 0.29) is 43.3 Å². The van der Waals surface area contributed by atoms with Crippen LogP contribution < -0.4 is 0 Å². The molecule has 0 saturated heterocycles. The molecule has 0 N–H and O–H groups in total. The first-order valence-electron chi connectivity index (χ1n) is 28.9. The average molecular weight is 1060 g/mol. The van der Waals surface area contributed by atoms with Gasteiger partial charge in [-0.3, -0.25) is 0 Å². The molecule has 0 amide bonds. The predicted octanol–water partition coefficient (Wildman–Crippen LogP) is 21.6. The summed E-state index contributed by atoms with van der Waals surface area (Å²) in [5.74, 6) is 35.5. The third-order valence-electron chi connectivity index (χ3n) is 14.6. The van der Waals surface area contributed by atoms with Gasteiger partial charge in [0, 0.05) is 54.5 Å². The van der Waals surface area contributed by atoms with Crippen LogP contribution in [0, 0.1) is 114 Å². The maximum absolute atomic E-state index is 3.98. The zero-order chi connectivity index (χ0) is 60.4. The van der Waals surface area contributed by atoms with E-state index in [0.717, 1.165) is 44.6 Å². The van der Waals surface area contributed by atoms with E-state index in [2.05, 4.69) is 342 Å². The van der Waals surface area contributed by atoms with E-state index in [1.165, 1.54) is 0 Å². The molecule has 0 nitrogen and oxygen atoms in total. The molecule has 418 valence electrons. The molecular weight excluding hydrogens is 945 g/mol. The summed E-state index contributed by atoms with van der Waals surface area (Å²) in [5.41, 5.74) is 31.7. The smallest absolute Gasteiger partial charge is 0.125 e. The van der Waals surface area contributed by atoms with Crippen molar-refractivity contribution in [1.29, 1.82) is 0 Å². The lowest BCUT2D eigenvalue weighted by Crippen LogP contribution is -2.43. The van der Waals surface area contributed by atoms with Crippen LogP contribution in [0.4, 0.5) is 0 Å². The number of hydrogen-bond acceptors (Lipinski definition) is 0. The first-order valence-corrected chi connectivity index (χ1v) is 33.4. The Kier molecular flexibility index (Phi) is 25.2. The molecule has 0 aliphatic heterocycles. The van der Waals surface area contributed by atoms with Crippen LogP contribution in [0.2, 0.25) is 33.2 Å². The Morgan fingerprint density at radius 1 is 0.211 bits per heavy atom. The van der Waals surface area contributed by atoms with E-state index in [9.17, 15) is 0 Å². The molecule has 0 fully saturated rings. The zero-order valence-corrected chi connectivity index (χ0v) is 58.5. The third kappa shape index (κ3) is 21.3. The minimum atomic E-state index is -1.97. The quantitative estimate of drug-likeness (QED) is 0.141. The standard InChI is InChI=1S/C74H114Si2/c1-53(2)75(54(3)4,55(5)6)47-45-65(73(31,32)33)51-63(71(25,26)27)43-41-61(69(19,20)21)49-59(67(13,14)15)39-37-38-40-60(68(16,17)18)50-62(70(22,23)24)42-44-64(72(28,29)30)52-66(74(34,35)36)46-48-76(56(7)8,57(9)10)58(11)12/h53-58H,1-36H3. The van der Waals surface area contributed by atoms with Crippen LogP contribution in [0.25, 0.3) is 0 Å². The SMILES string of the molecule is CC(C)[Si](C#CC(=C=C(C#CC(=C=C(C#CC#CC(=C=C(C#CC(=C=C(C#C[Si](C(C)C)(C(C)C)C(C)C)C(C)(C)C)C(C)(C)C)C(C)(C)C)C(C)(C)C)C(C)(C)C)C(C)(C)C)C(C)(C)C)C(C)(C)C)(C(C)C)C(C)C. The molecule has 0 radical (unpaired) electrons. The van der Waals surface area contributed by atoms with Gasteiger partial charge in [-0.1, -0.05) is 308 Å². The van der Waals surface area contributed by atoms with E-state index in [4.69, 9.17) is 0 Å². The average Bonchev–Trinajstić information content (AvgIpc) is 3.17. The first kappa shape index (κ1) is 71.9. The Balaban J connectivity index is 8.96. The molecule has 76 heavy (non-hydrogen) atoms. The van der Waals surface area contributed by atoms with Crippen molar-refractivity contribution in [3.8, 4) is 70.3 Å². The highest BCUT2D eigenvalue weighted by Crippen LogP contribution is 2.43. The summed E-state index contributed by atoms with van der Waals surface area (Å²) in [6.07, 6.45) is 0. The topological polar surface area (TPSA) is 0 Å². The third-order valence-corrected chi connectivity index (χ3v) is 27.2. The van der Waals surface area contributed by atoms with Crippen molar-refractivity contribution in [3.05, 3.63) is 67.5 Å². The summed E-state index contributed by atoms with van der Waals surface area (Å²) in [6.45, 7) is 81.5. The van der Waals surface area contributed by atoms with Crippen LogP contribution in [0.5, 0.6) is 0 Å². The Morgan fingerprint density at radius 2 is 0.342 bits per heavy atom. The Morgan fingerprint density at radius 3 is 0.474 bits per heavy atom. The fourth-order valence-corrected chi connectivity index (χ4v) is 19.8. The van der Waals surface area contributed by atoms with Gasteiger partial charge in [0.1, 0.15) is 16.1 Å². The van der Waals surface area contributed by atoms with Crippen LogP contribution in [-0.2, 0) is 0 Å². The van der Waals surface area contributed by atoms with Crippen molar-refractivity contribution in [2.45, 2.75) is 283 Å². The van der Waals surface area contributed by atoms with Gasteiger partial charge in [0.2, 0.25) is 0 Å². The fraction of sp³-hybridized carbons (Fsp3) is 0.676. The maximum Gasteiger partial charge on any atom is 0.146 e. The molecule has 2 heteroatoms. The minimum absolute atomic E-state index is 0.200. The summed E-state index contributed by atoms with van der Waals surface area (Å²) in [6, 6.07) is 0. The Hall–Kier alpha value is -4.13. The lowest BCUT2D eigenvalue weighted by atomic mass is 9.81. The van der Waals surface area contributed by atoms with Crippen LogP contribution >= 0.6 is 0 Å². The molecule has 0 unspecified atom stereocenters. The van der Waals surface area contributed by atoms with E-state index in [1.54, 1.807) is 0 Å². The van der Waals surface area contributed by atoms with Gasteiger partial charge in [-0.2, -0.15) is 0 Å². The summed E-state index contributed by atoms with van der Waals surface area (Å²) in [5, 5.41) is 0. The summed E-state index contributed by atoms with van der Waals surface area (Å²) >= 11 is 0. The van der Waals surface area contributed by atoms with Crippen LogP contribution in [0.15, 0.2) is 67.5 Å². The van der Waals surface area contributed by atoms with E-state index < -0.39 is 16.1 Å². The van der Waals surface area contributed by atoms with Gasteiger partial charge in [-0.15, -0.1) is 11.1 Å². The van der Waals surface area contributed by atoms with Gasteiger partial charge in [-0.05, 0) is 56.9 Å². The van der Waals surface area contributed by atoms with Crippen molar-refractivity contribution in [2.24, 2.45) is 43.3 Å². The molecule has 0 atom stereocenters. The molecule has 0 aliphatic carbocycles. The lowest BCUT2D eigenvalue weighted by molar-refractivity contribution is 0.506. The second-order valence-corrected chi connectivity index (χ2v) is 43.0. The largest absolute Gasteiger partial charge is 0.146 e. The molecule has 0 bridgehead atoms. The van der Waals surface area contributed by atoms with E-state index in [1.807, 2.05) is 0 Å². The molecule has 0 aliphatic rings. The second kappa shape index (κ2) is 26.7. The van der Waals surface area contributed by atoms with Gasteiger partial charge < -0.3 is 0 Å². The van der Waals surface area contributed by atoms with Crippen molar-refractivity contribution in [2.75, 3.05) is 0 Å². The van der Waals surface area contributed by atoms with Gasteiger partial charge in [-0.25, -0.2) is 0 Å². The van der Waals surface area contributed by atoms with Gasteiger partial charge >= 0.3 is 0 Å². The number of rotatable bonds is 6. The monoisotopic (exact) mass is 1060 g/mol. The summed E-state index contributed by atoms with van der Waals surface area (Å²) in [4.78, 5) is 0. The molecule has 0 spiro atoms. The van der Waals surface area contributed by atoms with Crippen molar-refractivity contribution < 1.29 is 0 Å². The van der Waals surface area contributed by atoms with Crippen LogP contribution in [-0.4, -0.2) is 16.1 Å². The Labute approximate surface area is 477 Å². The van der Waals surface area contributed by atoms with Gasteiger partial charge in [0.25, 0.3) is 0 Å². The normalized spacial score (nSPS) is 12.6. The maximum atomic E-state index is 3.98. The highest BCUT2D eigenvalue weighted by Gasteiger charge is 2.43. The number of hydrogen-bond donors (Lipinski definition) is 0. The highest BCUT2D eigenvalue weighted by atomic mass is 28.3. The summed E-state index contributed by atoms with van der Waals surface area (Å²) < 4.78 is 0. The predicted molar refractivity (Wildman–Crippen MR) is 347 cm³/mol. The lowest BCUT2D eigenvalue weighted by Gasteiger charge is -2.38.